The molecule has 0 aromatic heterocycles. The van der Waals surface area contributed by atoms with Crippen molar-refractivity contribution in [1.29, 1.82) is 0 Å². The molecule has 2 N–H and O–H groups in total. The van der Waals surface area contributed by atoms with E-state index in [4.69, 9.17) is 21.7 Å². The molecule has 0 amide bonds. The minimum absolute atomic E-state index is 0.131. The molecule has 0 bridgehead atoms. The van der Waals surface area contributed by atoms with Crippen molar-refractivity contribution in [3.63, 3.8) is 0 Å². The summed E-state index contributed by atoms with van der Waals surface area (Å²) in [6, 6.07) is 15.9. The predicted octanol–water partition coefficient (Wildman–Crippen LogP) is 5.33. The first-order chi connectivity index (χ1) is 13.0. The molecular weight excluding hydrogens is 356 g/mol. The lowest BCUT2D eigenvalue weighted by atomic mass is 9.97. The summed E-state index contributed by atoms with van der Waals surface area (Å²) < 4.78 is 10.7. The van der Waals surface area contributed by atoms with Gasteiger partial charge in [0, 0.05) is 5.69 Å². The summed E-state index contributed by atoms with van der Waals surface area (Å²) in [6.07, 6.45) is 2.70. The molecule has 0 aliphatic rings. The summed E-state index contributed by atoms with van der Waals surface area (Å²) in [5, 5.41) is 7.27. The van der Waals surface area contributed by atoms with E-state index in [2.05, 4.69) is 43.2 Å². The molecule has 4 nitrogen and oxygen atoms in total. The minimum atomic E-state index is 0.131. The monoisotopic (exact) mass is 384 g/mol. The first-order valence-corrected chi connectivity index (χ1v) is 9.48. The highest BCUT2D eigenvalue weighted by Crippen LogP contribution is 2.24. The highest BCUT2D eigenvalue weighted by atomic mass is 32.1. The average Bonchev–Trinajstić information content (AvgIpc) is 2.66. The Hall–Kier alpha value is -2.53. The topological polar surface area (TPSA) is 42.5 Å². The van der Waals surface area contributed by atoms with Crippen molar-refractivity contribution < 1.29 is 9.47 Å². The molecule has 0 saturated carbocycles. The lowest BCUT2D eigenvalue weighted by molar-refractivity contribution is 0.363. The Morgan fingerprint density at radius 3 is 2.26 bits per heavy atom. The molecule has 0 radical (unpaired) electrons. The van der Waals surface area contributed by atoms with Crippen LogP contribution in [0.25, 0.3) is 0 Å². The van der Waals surface area contributed by atoms with Crippen molar-refractivity contribution in [3.05, 3.63) is 66.7 Å². The van der Waals surface area contributed by atoms with Crippen molar-refractivity contribution in [2.75, 3.05) is 19.0 Å². The molecule has 0 fully saturated rings. The summed E-state index contributed by atoms with van der Waals surface area (Å²) in [4.78, 5) is 0. The molecule has 2 rings (SSSR count). The zero-order valence-corrected chi connectivity index (χ0v) is 17.0. The van der Waals surface area contributed by atoms with Crippen LogP contribution < -0.4 is 20.1 Å². The summed E-state index contributed by atoms with van der Waals surface area (Å²) in [5.41, 5.74) is 2.10. The van der Waals surface area contributed by atoms with Crippen molar-refractivity contribution in [1.82, 2.24) is 5.32 Å². The van der Waals surface area contributed by atoms with Crippen LogP contribution in [0.5, 0.6) is 11.5 Å². The first-order valence-electron chi connectivity index (χ1n) is 9.07. The number of hydrogen-bond acceptors (Lipinski definition) is 3. The minimum Gasteiger partial charge on any atom is -0.497 e. The molecule has 2 aromatic carbocycles. The highest BCUT2D eigenvalue weighted by molar-refractivity contribution is 7.80. The summed E-state index contributed by atoms with van der Waals surface area (Å²) >= 11 is 5.53. The van der Waals surface area contributed by atoms with Gasteiger partial charge in [-0.3, -0.25) is 0 Å². The Morgan fingerprint density at radius 2 is 1.70 bits per heavy atom. The maximum Gasteiger partial charge on any atom is 0.171 e. The molecule has 0 saturated heterocycles. The van der Waals surface area contributed by atoms with Gasteiger partial charge in [0.05, 0.1) is 13.2 Å². The quantitative estimate of drug-likeness (QED) is 0.452. The fourth-order valence-corrected chi connectivity index (χ4v) is 2.96. The maximum atomic E-state index is 5.53. The Labute approximate surface area is 167 Å². The second kappa shape index (κ2) is 10.6. The van der Waals surface area contributed by atoms with Gasteiger partial charge in [-0.15, -0.1) is 0 Å². The molecule has 27 heavy (non-hydrogen) atoms. The zero-order chi connectivity index (χ0) is 19.6. The highest BCUT2D eigenvalue weighted by Gasteiger charge is 2.15. The van der Waals surface area contributed by atoms with Gasteiger partial charge in [0.1, 0.15) is 18.1 Å². The van der Waals surface area contributed by atoms with E-state index < -0.39 is 0 Å². The van der Waals surface area contributed by atoms with Crippen molar-refractivity contribution in [2.24, 2.45) is 5.92 Å². The number of benzene rings is 2. The molecule has 0 unspecified atom stereocenters. The van der Waals surface area contributed by atoms with Crippen LogP contribution in [0, 0.1) is 5.92 Å². The molecule has 0 aliphatic heterocycles. The smallest absolute Gasteiger partial charge is 0.171 e. The third kappa shape index (κ3) is 6.94. The van der Waals surface area contributed by atoms with Crippen LogP contribution in [0.15, 0.2) is 61.2 Å². The first kappa shape index (κ1) is 20.8. The van der Waals surface area contributed by atoms with Gasteiger partial charge in [-0.05, 0) is 66.5 Å². The van der Waals surface area contributed by atoms with Crippen LogP contribution in [0.4, 0.5) is 5.69 Å². The fourth-order valence-electron chi connectivity index (χ4n) is 2.70. The number of anilines is 1. The van der Waals surface area contributed by atoms with Gasteiger partial charge in [0.2, 0.25) is 0 Å². The largest absolute Gasteiger partial charge is 0.497 e. The van der Waals surface area contributed by atoms with E-state index in [1.54, 1.807) is 13.2 Å². The van der Waals surface area contributed by atoms with Crippen molar-refractivity contribution in [2.45, 2.75) is 26.3 Å². The van der Waals surface area contributed by atoms with Crippen LogP contribution in [-0.2, 0) is 0 Å². The van der Waals surface area contributed by atoms with E-state index in [1.807, 2.05) is 36.4 Å². The van der Waals surface area contributed by atoms with Crippen LogP contribution >= 0.6 is 12.2 Å². The Balaban J connectivity index is 2.00. The summed E-state index contributed by atoms with van der Waals surface area (Å²) in [5.74, 6) is 2.19. The molecule has 144 valence electrons. The number of thiocarbonyl (C=S) groups is 1. The number of rotatable bonds is 9. The molecule has 0 spiro atoms. The van der Waals surface area contributed by atoms with E-state index in [0.717, 1.165) is 23.6 Å². The third-order valence-electron chi connectivity index (χ3n) is 4.01. The van der Waals surface area contributed by atoms with E-state index in [1.165, 1.54) is 5.56 Å². The third-order valence-corrected chi connectivity index (χ3v) is 4.23. The van der Waals surface area contributed by atoms with Gasteiger partial charge in [-0.1, -0.05) is 38.6 Å². The Morgan fingerprint density at radius 1 is 1.07 bits per heavy atom. The van der Waals surface area contributed by atoms with E-state index in [9.17, 15) is 0 Å². The standard InChI is InChI=1S/C22H28N2O2S/c1-5-14-26-20-12-8-18(9-13-20)23-22(27)24-21(15-16(2)3)17-6-10-19(25-4)11-7-17/h5-13,16,21H,1,14-15H2,2-4H3,(H2,23,24,27)/t21-/m0/s1. The number of nitrogens with one attached hydrogen (secondary N) is 2. The molecule has 0 aliphatic carbocycles. The summed E-state index contributed by atoms with van der Waals surface area (Å²) in [6.45, 7) is 8.55. The van der Waals surface area contributed by atoms with Crippen LogP contribution in [-0.4, -0.2) is 18.8 Å². The lowest BCUT2D eigenvalue weighted by Crippen LogP contribution is -2.33. The van der Waals surface area contributed by atoms with Crippen LogP contribution in [0.2, 0.25) is 0 Å². The van der Waals surface area contributed by atoms with E-state index in [0.29, 0.717) is 17.6 Å². The van der Waals surface area contributed by atoms with E-state index >= 15 is 0 Å². The zero-order valence-electron chi connectivity index (χ0n) is 16.2. The van der Waals surface area contributed by atoms with Gasteiger partial charge in [0.15, 0.2) is 5.11 Å². The van der Waals surface area contributed by atoms with Gasteiger partial charge in [-0.2, -0.15) is 0 Å². The molecular formula is C22H28N2O2S. The number of hydrogen-bond donors (Lipinski definition) is 2. The number of methoxy groups -OCH3 is 1. The number of ether oxygens (including phenoxy) is 2. The van der Waals surface area contributed by atoms with Crippen LogP contribution in [0.3, 0.4) is 0 Å². The van der Waals surface area contributed by atoms with Crippen molar-refractivity contribution >= 4 is 23.0 Å². The van der Waals surface area contributed by atoms with Gasteiger partial charge in [-0.25, -0.2) is 0 Å². The molecule has 1 atom stereocenters. The Kier molecular flexibility index (Phi) is 8.14. The Bertz CT molecular complexity index is 727. The normalized spacial score (nSPS) is 11.6. The van der Waals surface area contributed by atoms with Gasteiger partial charge in [0.25, 0.3) is 0 Å². The summed E-state index contributed by atoms with van der Waals surface area (Å²) in [7, 11) is 1.67. The molecule has 0 heterocycles. The fraction of sp³-hybridized carbons (Fsp3) is 0.318. The molecule has 2 aromatic rings. The van der Waals surface area contributed by atoms with Gasteiger partial charge >= 0.3 is 0 Å². The lowest BCUT2D eigenvalue weighted by Gasteiger charge is -2.23. The predicted molar refractivity (Wildman–Crippen MR) is 117 cm³/mol. The van der Waals surface area contributed by atoms with E-state index in [-0.39, 0.29) is 6.04 Å². The molecule has 5 heteroatoms. The van der Waals surface area contributed by atoms with Gasteiger partial charge < -0.3 is 20.1 Å². The maximum absolute atomic E-state index is 5.53. The second-order valence-corrected chi connectivity index (χ2v) is 7.09. The van der Waals surface area contributed by atoms with Crippen molar-refractivity contribution in [3.8, 4) is 11.5 Å². The van der Waals surface area contributed by atoms with Crippen LogP contribution in [0.1, 0.15) is 31.9 Å². The SMILES string of the molecule is C=CCOc1ccc(NC(=S)N[C@@H](CC(C)C)c2ccc(OC)cc2)cc1. The average molecular weight is 385 g/mol. The second-order valence-electron chi connectivity index (χ2n) is 6.68.